The van der Waals surface area contributed by atoms with E-state index in [-0.39, 0.29) is 11.9 Å². The minimum atomic E-state index is -0.974. The molecule has 34 heavy (non-hydrogen) atoms. The van der Waals surface area contributed by atoms with Gasteiger partial charge in [-0.1, -0.05) is 90.9 Å². The summed E-state index contributed by atoms with van der Waals surface area (Å²) in [4.78, 5) is 41.2. The Kier molecular flexibility index (Phi) is 20.1. The second kappa shape index (κ2) is 21.4. The molecule has 1 unspecified atom stereocenters. The summed E-state index contributed by atoms with van der Waals surface area (Å²) in [5.74, 6) is -3.12. The fraction of sp³-hybridized carbons (Fsp3) is 0.846. The Bertz CT molecular complexity index is 591. The van der Waals surface area contributed by atoms with Gasteiger partial charge in [0.25, 0.3) is 5.91 Å². The van der Waals surface area contributed by atoms with Gasteiger partial charge in [-0.25, -0.2) is 0 Å². The number of rotatable bonds is 23. The highest BCUT2D eigenvalue weighted by atomic mass is 16.2. The maximum atomic E-state index is 13.0. The summed E-state index contributed by atoms with van der Waals surface area (Å²) in [6, 6.07) is 0. The number of hydrogen-bond donors (Lipinski definition) is 4. The van der Waals surface area contributed by atoms with Crippen molar-refractivity contribution in [3.8, 4) is 0 Å². The minimum absolute atomic E-state index is 0.00494. The van der Waals surface area contributed by atoms with Crippen molar-refractivity contribution >= 4 is 23.6 Å². The number of carbonyl (C=O) groups excluding carboxylic acids is 3. The summed E-state index contributed by atoms with van der Waals surface area (Å²) < 4.78 is 0. The number of guanidine groups is 1. The Morgan fingerprint density at radius 1 is 0.676 bits per heavy atom. The van der Waals surface area contributed by atoms with E-state index in [1.807, 2.05) is 0 Å². The first-order chi connectivity index (χ1) is 16.3. The molecule has 0 aromatic carbocycles. The van der Waals surface area contributed by atoms with Gasteiger partial charge in [0.15, 0.2) is 5.96 Å². The largest absolute Gasteiger partial charge is 0.370 e. The van der Waals surface area contributed by atoms with Gasteiger partial charge < -0.3 is 22.5 Å². The lowest BCUT2D eigenvalue weighted by Crippen LogP contribution is -2.42. The minimum Gasteiger partial charge on any atom is -0.370 e. The molecule has 8 heteroatoms. The zero-order valence-electron chi connectivity index (χ0n) is 21.8. The SMILES string of the molecule is CCCCCCCCCCCCNC(=O)[C@@H](CCCN=C(N)N)C(CCCCC)C(=O)C(N)=O. The van der Waals surface area contributed by atoms with E-state index < -0.39 is 23.5 Å². The molecule has 0 bridgehead atoms. The van der Waals surface area contributed by atoms with Crippen LogP contribution < -0.4 is 22.5 Å². The number of amides is 2. The maximum absolute atomic E-state index is 13.0. The molecule has 0 saturated carbocycles. The Balaban J connectivity index is 4.68. The van der Waals surface area contributed by atoms with Crippen molar-refractivity contribution in [2.24, 2.45) is 34.0 Å². The molecule has 0 saturated heterocycles. The van der Waals surface area contributed by atoms with E-state index in [0.29, 0.717) is 32.4 Å². The molecule has 0 aliphatic carbocycles. The van der Waals surface area contributed by atoms with Crippen LogP contribution in [0.15, 0.2) is 4.99 Å². The van der Waals surface area contributed by atoms with Gasteiger partial charge in [0, 0.05) is 24.9 Å². The van der Waals surface area contributed by atoms with Gasteiger partial charge >= 0.3 is 0 Å². The summed E-state index contributed by atoms with van der Waals surface area (Å²) in [5.41, 5.74) is 16.1. The molecule has 0 heterocycles. The predicted molar refractivity (Wildman–Crippen MR) is 140 cm³/mol. The number of Topliss-reactive ketones (excluding diaryl/α,β-unsaturated/α-hetero) is 1. The molecule has 0 aromatic heterocycles. The van der Waals surface area contributed by atoms with E-state index in [0.717, 1.165) is 32.1 Å². The van der Waals surface area contributed by atoms with Gasteiger partial charge in [0.05, 0.1) is 0 Å². The van der Waals surface area contributed by atoms with E-state index in [2.05, 4.69) is 24.2 Å². The lowest BCUT2D eigenvalue weighted by molar-refractivity contribution is -0.142. The second-order valence-electron chi connectivity index (χ2n) is 9.36. The number of primary amides is 1. The van der Waals surface area contributed by atoms with Crippen molar-refractivity contribution in [3.63, 3.8) is 0 Å². The van der Waals surface area contributed by atoms with Crippen LogP contribution in [0.25, 0.3) is 0 Å². The molecule has 0 spiro atoms. The summed E-state index contributed by atoms with van der Waals surface area (Å²) in [7, 11) is 0. The molecule has 2 atom stereocenters. The summed E-state index contributed by atoms with van der Waals surface area (Å²) in [6.07, 6.45) is 16.4. The lowest BCUT2D eigenvalue weighted by Gasteiger charge is -2.24. The number of nitrogens with two attached hydrogens (primary N) is 3. The highest BCUT2D eigenvalue weighted by molar-refractivity contribution is 6.36. The van der Waals surface area contributed by atoms with Crippen molar-refractivity contribution in [1.29, 1.82) is 0 Å². The van der Waals surface area contributed by atoms with Gasteiger partial charge in [-0.05, 0) is 25.7 Å². The van der Waals surface area contributed by atoms with Crippen molar-refractivity contribution in [1.82, 2.24) is 5.32 Å². The van der Waals surface area contributed by atoms with E-state index >= 15 is 0 Å². The van der Waals surface area contributed by atoms with Crippen LogP contribution in [0.3, 0.4) is 0 Å². The molecule has 0 aliphatic rings. The number of aliphatic imine (C=N–C) groups is 1. The molecule has 0 rings (SSSR count). The second-order valence-corrected chi connectivity index (χ2v) is 9.36. The normalized spacial score (nSPS) is 12.6. The van der Waals surface area contributed by atoms with Gasteiger partial charge in [0.1, 0.15) is 0 Å². The zero-order valence-corrected chi connectivity index (χ0v) is 21.8. The van der Waals surface area contributed by atoms with Crippen molar-refractivity contribution in [3.05, 3.63) is 0 Å². The molecule has 2 amide bonds. The number of carbonyl (C=O) groups is 3. The number of unbranched alkanes of at least 4 members (excludes halogenated alkanes) is 11. The van der Waals surface area contributed by atoms with E-state index in [1.165, 1.54) is 51.4 Å². The van der Waals surface area contributed by atoms with E-state index in [1.54, 1.807) is 0 Å². The summed E-state index contributed by atoms with van der Waals surface area (Å²) >= 11 is 0. The number of hydrogen-bond acceptors (Lipinski definition) is 4. The molecule has 7 N–H and O–H groups in total. The molecule has 0 fully saturated rings. The third-order valence-corrected chi connectivity index (χ3v) is 6.32. The van der Waals surface area contributed by atoms with Crippen LogP contribution in [0.2, 0.25) is 0 Å². The molecular weight excluding hydrogens is 430 g/mol. The quantitative estimate of drug-likeness (QED) is 0.0753. The van der Waals surface area contributed by atoms with Crippen molar-refractivity contribution < 1.29 is 14.4 Å². The van der Waals surface area contributed by atoms with Gasteiger partial charge in [0.2, 0.25) is 11.7 Å². The third kappa shape index (κ3) is 16.5. The van der Waals surface area contributed by atoms with Gasteiger partial charge in [-0.3, -0.25) is 19.4 Å². The molecule has 0 aliphatic heterocycles. The first-order valence-electron chi connectivity index (χ1n) is 13.5. The first-order valence-corrected chi connectivity index (χ1v) is 13.5. The number of nitrogens with one attached hydrogen (secondary N) is 1. The molecule has 198 valence electrons. The summed E-state index contributed by atoms with van der Waals surface area (Å²) in [6.45, 7) is 5.25. The van der Waals surface area contributed by atoms with E-state index in [4.69, 9.17) is 17.2 Å². The molecule has 0 aromatic rings. The Labute approximate surface area is 207 Å². The fourth-order valence-electron chi connectivity index (χ4n) is 4.30. The van der Waals surface area contributed by atoms with Gasteiger partial charge in [-0.2, -0.15) is 0 Å². The van der Waals surface area contributed by atoms with Crippen LogP contribution in [0, 0.1) is 11.8 Å². The highest BCUT2D eigenvalue weighted by Crippen LogP contribution is 2.25. The van der Waals surface area contributed by atoms with Crippen LogP contribution in [0.1, 0.15) is 117 Å². The molecular formula is C26H51N5O3. The smallest absolute Gasteiger partial charge is 0.285 e. The molecule has 0 radical (unpaired) electrons. The predicted octanol–water partition coefficient (Wildman–Crippen LogP) is 3.94. The third-order valence-electron chi connectivity index (χ3n) is 6.32. The Hall–Kier alpha value is -2.12. The van der Waals surface area contributed by atoms with Crippen LogP contribution in [0.4, 0.5) is 0 Å². The fourth-order valence-corrected chi connectivity index (χ4v) is 4.30. The van der Waals surface area contributed by atoms with Crippen LogP contribution in [0.5, 0.6) is 0 Å². The number of nitrogens with zero attached hydrogens (tertiary/aromatic N) is 1. The topological polar surface area (TPSA) is 154 Å². The van der Waals surface area contributed by atoms with Crippen molar-refractivity contribution in [2.75, 3.05) is 13.1 Å². The average Bonchev–Trinajstić information content (AvgIpc) is 2.80. The Morgan fingerprint density at radius 2 is 1.18 bits per heavy atom. The maximum Gasteiger partial charge on any atom is 0.285 e. The van der Waals surface area contributed by atoms with Crippen molar-refractivity contribution in [2.45, 2.75) is 117 Å². The zero-order chi connectivity index (χ0) is 25.6. The summed E-state index contributed by atoms with van der Waals surface area (Å²) in [5, 5.41) is 2.99. The molecule has 8 nitrogen and oxygen atoms in total. The lowest BCUT2D eigenvalue weighted by atomic mass is 9.80. The van der Waals surface area contributed by atoms with Gasteiger partial charge in [-0.15, -0.1) is 0 Å². The first kappa shape index (κ1) is 31.9. The van der Waals surface area contributed by atoms with Crippen LogP contribution >= 0.6 is 0 Å². The standard InChI is InChI=1S/C26H51N5O3/c1-3-5-7-8-9-10-11-12-13-15-19-30-25(34)22(18-16-20-31-26(28)29)21(17-14-6-4-2)23(32)24(27)33/h21-22H,3-20H2,1-2H3,(H2,27,33)(H,30,34)(H4,28,29,31)/t21?,22-/m0/s1. The average molecular weight is 482 g/mol. The Morgan fingerprint density at radius 3 is 1.71 bits per heavy atom. The highest BCUT2D eigenvalue weighted by Gasteiger charge is 2.35. The number of ketones is 1. The monoisotopic (exact) mass is 481 g/mol. The van der Waals surface area contributed by atoms with Crippen LogP contribution in [-0.2, 0) is 14.4 Å². The van der Waals surface area contributed by atoms with E-state index in [9.17, 15) is 14.4 Å². The van der Waals surface area contributed by atoms with Crippen LogP contribution in [-0.4, -0.2) is 36.6 Å².